The first kappa shape index (κ1) is 27.1. The van der Waals surface area contributed by atoms with E-state index in [0.717, 1.165) is 13.0 Å². The second-order valence-electron chi connectivity index (χ2n) is 8.19. The zero-order valence-electron chi connectivity index (χ0n) is 18.6. The minimum atomic E-state index is -3.41. The predicted molar refractivity (Wildman–Crippen MR) is 130 cm³/mol. The van der Waals surface area contributed by atoms with E-state index in [2.05, 4.69) is 19.7 Å². The number of sulfonamides is 1. The van der Waals surface area contributed by atoms with E-state index in [1.807, 2.05) is 14.1 Å². The van der Waals surface area contributed by atoms with Crippen molar-refractivity contribution in [3.63, 3.8) is 0 Å². The van der Waals surface area contributed by atoms with Gasteiger partial charge in [-0.25, -0.2) is 23.1 Å². The number of unbranched alkanes of at least 4 members (excludes halogenated alkanes) is 1. The Morgan fingerprint density at radius 2 is 1.76 bits per heavy atom. The van der Waals surface area contributed by atoms with Crippen molar-refractivity contribution < 1.29 is 18.0 Å². The van der Waals surface area contributed by atoms with Gasteiger partial charge in [0.1, 0.15) is 5.69 Å². The maximum absolute atomic E-state index is 12.2. The van der Waals surface area contributed by atoms with Crippen LogP contribution in [0.25, 0.3) is 0 Å². The molecule has 0 unspecified atom stereocenters. The number of benzene rings is 1. The van der Waals surface area contributed by atoms with Crippen molar-refractivity contribution in [3.05, 3.63) is 45.7 Å². The van der Waals surface area contributed by atoms with E-state index < -0.39 is 15.9 Å². The topological polar surface area (TPSA) is 159 Å². The van der Waals surface area contributed by atoms with Crippen LogP contribution in [0, 0.1) is 0 Å². The molecule has 13 heteroatoms. The van der Waals surface area contributed by atoms with Gasteiger partial charge in [-0.1, -0.05) is 35.3 Å². The van der Waals surface area contributed by atoms with Crippen LogP contribution in [0.15, 0.2) is 29.3 Å². The highest BCUT2D eigenvalue weighted by atomic mass is 35.5. The molecule has 0 spiro atoms. The van der Waals surface area contributed by atoms with Crippen molar-refractivity contribution in [2.24, 2.45) is 4.99 Å². The van der Waals surface area contributed by atoms with Gasteiger partial charge in [0.25, 0.3) is 0 Å². The fraction of sp³-hybridized carbons (Fsp3) is 0.450. The van der Waals surface area contributed by atoms with Crippen molar-refractivity contribution >= 4 is 50.8 Å². The quantitative estimate of drug-likeness (QED) is 0.164. The summed E-state index contributed by atoms with van der Waals surface area (Å²) in [5, 5.41) is 12.7. The Balaban J connectivity index is 1.73. The number of nitrogens with zero attached hydrogens (tertiary/aromatic N) is 4. The smallest absolute Gasteiger partial charge is 0.215 e. The Hall–Kier alpha value is -2.18. The number of quaternary nitrogens is 1. The molecule has 0 saturated carbocycles. The van der Waals surface area contributed by atoms with E-state index >= 15 is 0 Å². The van der Waals surface area contributed by atoms with Gasteiger partial charge in [0, 0.05) is 17.5 Å². The van der Waals surface area contributed by atoms with Crippen molar-refractivity contribution in [1.29, 1.82) is 0 Å². The summed E-state index contributed by atoms with van der Waals surface area (Å²) in [6, 6.07) is 6.72. The van der Waals surface area contributed by atoms with Gasteiger partial charge in [0.15, 0.2) is 16.8 Å². The second-order valence-corrected chi connectivity index (χ2v) is 10.8. The lowest BCUT2D eigenvalue weighted by molar-refractivity contribution is -0.889. The van der Waals surface area contributed by atoms with Crippen LogP contribution in [-0.2, 0) is 15.8 Å². The van der Waals surface area contributed by atoms with E-state index in [-0.39, 0.29) is 34.8 Å². The number of nitrogen functional groups attached to an aromatic ring is 2. The van der Waals surface area contributed by atoms with E-state index in [9.17, 15) is 13.5 Å². The first-order valence-electron chi connectivity index (χ1n) is 10.2. The number of halogens is 2. The molecule has 182 valence electrons. The molecular formula is C20H29Cl2N7O3S. The third-order valence-corrected chi connectivity index (χ3v) is 6.74. The summed E-state index contributed by atoms with van der Waals surface area (Å²) in [4.78, 5) is 11.6. The number of anilines is 2. The molecule has 33 heavy (non-hydrogen) atoms. The Labute approximate surface area is 204 Å². The minimum Gasteiger partial charge on any atom is -0.857 e. The molecule has 1 aromatic heterocycles. The maximum atomic E-state index is 12.2. The molecule has 1 aromatic carbocycles. The second kappa shape index (κ2) is 11.8. The van der Waals surface area contributed by atoms with E-state index in [1.54, 1.807) is 24.3 Å². The van der Waals surface area contributed by atoms with Crippen molar-refractivity contribution in [2.75, 3.05) is 51.7 Å². The predicted octanol–water partition coefficient (Wildman–Crippen LogP) is 1.03. The summed E-state index contributed by atoms with van der Waals surface area (Å²) in [5.41, 5.74) is 11.7. The number of hydrogen-bond donors (Lipinski definition) is 3. The molecule has 2 aromatic rings. The number of likely N-dealkylation sites (N-methyl/N-ethyl adjacent to an activating group) is 1. The molecule has 2 rings (SSSR count). The van der Waals surface area contributed by atoms with Crippen LogP contribution in [0.2, 0.25) is 10.2 Å². The van der Waals surface area contributed by atoms with Crippen LogP contribution in [0.4, 0.5) is 11.6 Å². The fourth-order valence-corrected chi connectivity index (χ4v) is 4.39. The number of aromatic nitrogens is 2. The van der Waals surface area contributed by atoms with Gasteiger partial charge in [-0.05, 0) is 30.5 Å². The summed E-state index contributed by atoms with van der Waals surface area (Å²) in [5.74, 6) is -0.847. The lowest BCUT2D eigenvalue weighted by Gasteiger charge is -2.29. The summed E-state index contributed by atoms with van der Waals surface area (Å²) in [6.45, 7) is 2.01. The van der Waals surface area contributed by atoms with Crippen LogP contribution in [0.5, 0.6) is 0 Å². The van der Waals surface area contributed by atoms with E-state index in [4.69, 9.17) is 34.7 Å². The first-order chi connectivity index (χ1) is 15.4. The zero-order valence-corrected chi connectivity index (χ0v) is 20.9. The van der Waals surface area contributed by atoms with Crippen LogP contribution >= 0.6 is 23.2 Å². The third-order valence-electron chi connectivity index (χ3n) is 4.85. The number of hydrogen-bond acceptors (Lipinski definition) is 8. The van der Waals surface area contributed by atoms with Gasteiger partial charge in [0.05, 0.1) is 39.5 Å². The largest absolute Gasteiger partial charge is 0.857 e. The number of nitrogens with two attached hydrogens (primary N) is 2. The number of nitrogens with one attached hydrogen (secondary N) is 1. The summed E-state index contributed by atoms with van der Waals surface area (Å²) >= 11 is 11.6. The monoisotopic (exact) mass is 517 g/mol. The van der Waals surface area contributed by atoms with Crippen molar-refractivity contribution in [1.82, 2.24) is 14.7 Å². The van der Waals surface area contributed by atoms with E-state index in [0.29, 0.717) is 34.6 Å². The summed E-state index contributed by atoms with van der Waals surface area (Å²) in [6.07, 6.45) is 1.49. The lowest BCUT2D eigenvalue weighted by atomic mass is 10.2. The third kappa shape index (κ3) is 9.30. The van der Waals surface area contributed by atoms with Gasteiger partial charge >= 0.3 is 0 Å². The van der Waals surface area contributed by atoms with E-state index in [1.165, 1.54) is 0 Å². The van der Waals surface area contributed by atoms with Crippen LogP contribution in [-0.4, -0.2) is 69.0 Å². The molecule has 5 N–H and O–H groups in total. The molecule has 0 fully saturated rings. The lowest BCUT2D eigenvalue weighted by Crippen LogP contribution is -2.43. The average Bonchev–Trinajstić information content (AvgIpc) is 2.71. The average molecular weight is 518 g/mol. The summed E-state index contributed by atoms with van der Waals surface area (Å²) in [7, 11) is 0.614. The first-order valence-corrected chi connectivity index (χ1v) is 12.6. The van der Waals surface area contributed by atoms with Crippen molar-refractivity contribution in [2.45, 2.75) is 18.6 Å². The Bertz CT molecular complexity index is 1080. The molecule has 0 aliphatic rings. The Morgan fingerprint density at radius 1 is 1.09 bits per heavy atom. The molecule has 10 nitrogen and oxygen atoms in total. The molecule has 0 amide bonds. The van der Waals surface area contributed by atoms with Gasteiger partial charge in [-0.2, -0.15) is 0 Å². The van der Waals surface area contributed by atoms with Crippen LogP contribution in [0.3, 0.4) is 0 Å². The molecule has 1 heterocycles. The van der Waals surface area contributed by atoms with Gasteiger partial charge in [0.2, 0.25) is 10.0 Å². The van der Waals surface area contributed by atoms with Gasteiger partial charge in [-0.3, -0.25) is 4.99 Å². The highest BCUT2D eigenvalue weighted by Gasteiger charge is 2.15. The highest BCUT2D eigenvalue weighted by Crippen LogP contribution is 2.17. The SMILES string of the molecule is C[N+](C)(CCCCNS(=O)(=O)Cc1ccc(Cl)cc1)CCN=C([O-])c1nc(Cl)c(N)nc1N. The molecule has 0 aliphatic carbocycles. The molecular weight excluding hydrogens is 489 g/mol. The Kier molecular flexibility index (Phi) is 9.68. The van der Waals surface area contributed by atoms with Crippen LogP contribution < -0.4 is 21.3 Å². The molecule has 0 atom stereocenters. The fourth-order valence-electron chi connectivity index (χ4n) is 2.95. The minimum absolute atomic E-state index is 0.0456. The standard InChI is InChI=1S/C20H29Cl2N7O3S/c1-29(2,12-10-25-20(30)16-18(23)28-19(24)17(22)27-16)11-4-3-9-26-33(31,32)13-14-5-7-15(21)8-6-14/h5-8,26H,3-4,9-13H2,1-2H3,(H4-,23,24,25,28,30). The molecule has 0 saturated heterocycles. The normalized spacial score (nSPS) is 12.8. The number of aliphatic imine (C=N–C) groups is 1. The molecule has 0 aliphatic heterocycles. The Morgan fingerprint density at radius 3 is 2.42 bits per heavy atom. The van der Waals surface area contributed by atoms with Gasteiger partial charge in [-0.15, -0.1) is 0 Å². The maximum Gasteiger partial charge on any atom is 0.215 e. The van der Waals surface area contributed by atoms with Crippen molar-refractivity contribution in [3.8, 4) is 0 Å². The van der Waals surface area contributed by atoms with Crippen LogP contribution in [0.1, 0.15) is 24.1 Å². The number of rotatable bonds is 12. The zero-order chi connectivity index (χ0) is 24.6. The molecule has 0 bridgehead atoms. The molecule has 0 radical (unpaired) electrons. The summed E-state index contributed by atoms with van der Waals surface area (Å²) < 4.78 is 27.6. The van der Waals surface area contributed by atoms with Gasteiger partial charge < -0.3 is 21.1 Å². The highest BCUT2D eigenvalue weighted by molar-refractivity contribution is 7.88.